The summed E-state index contributed by atoms with van der Waals surface area (Å²) in [6.45, 7) is 4.86. The van der Waals surface area contributed by atoms with E-state index in [9.17, 15) is 0 Å². The third-order valence-corrected chi connectivity index (χ3v) is 4.46. The average molecular weight is 297 g/mol. The summed E-state index contributed by atoms with van der Waals surface area (Å²) in [4.78, 5) is 9.26. The van der Waals surface area contributed by atoms with E-state index in [4.69, 9.17) is 5.73 Å². The Morgan fingerprint density at radius 2 is 1.86 bits per heavy atom. The number of aromatic nitrogens is 2. The molecule has 0 bridgehead atoms. The van der Waals surface area contributed by atoms with Gasteiger partial charge in [-0.15, -0.1) is 0 Å². The van der Waals surface area contributed by atoms with Crippen molar-refractivity contribution in [3.63, 3.8) is 0 Å². The maximum absolute atomic E-state index is 5.72. The maximum Gasteiger partial charge on any atom is 0.171 e. The lowest BCUT2D eigenvalue weighted by molar-refractivity contribution is 0.939. The number of fused-ring (bicyclic) bond motifs is 1. The van der Waals surface area contributed by atoms with E-state index in [2.05, 4.69) is 60.2 Å². The van der Waals surface area contributed by atoms with Crippen LogP contribution in [0.1, 0.15) is 16.7 Å². The van der Waals surface area contributed by atoms with Gasteiger partial charge in [0.25, 0.3) is 0 Å². The Kier molecular flexibility index (Phi) is 3.99. The Bertz CT molecular complexity index is 777. The predicted octanol–water partition coefficient (Wildman–Crippen LogP) is 3.83. The van der Waals surface area contributed by atoms with Gasteiger partial charge in [-0.05, 0) is 56.1 Å². The topological polar surface area (TPSA) is 54.7 Å². The summed E-state index contributed by atoms with van der Waals surface area (Å²) in [5.74, 6) is 0. The molecule has 3 nitrogen and oxygen atoms in total. The SMILES string of the molecule is Cc1ccc(Sc2nc3ccc(C)cc3[nH]2)c(CCN)c1. The Hall–Kier alpha value is -1.78. The minimum atomic E-state index is 0.663. The molecule has 1 aromatic heterocycles. The molecule has 21 heavy (non-hydrogen) atoms. The Morgan fingerprint density at radius 1 is 1.10 bits per heavy atom. The molecule has 0 unspecified atom stereocenters. The van der Waals surface area contributed by atoms with Gasteiger partial charge in [0.15, 0.2) is 5.16 Å². The van der Waals surface area contributed by atoms with Crippen molar-refractivity contribution in [3.8, 4) is 0 Å². The molecule has 2 aromatic carbocycles. The number of nitrogens with one attached hydrogen (secondary N) is 1. The average Bonchev–Trinajstić information content (AvgIpc) is 2.83. The highest BCUT2D eigenvalue weighted by Crippen LogP contribution is 2.31. The number of nitrogens with zero attached hydrogens (tertiary/aromatic N) is 1. The largest absolute Gasteiger partial charge is 0.333 e. The fraction of sp³-hybridized carbons (Fsp3) is 0.235. The molecule has 0 amide bonds. The van der Waals surface area contributed by atoms with Crippen molar-refractivity contribution in [3.05, 3.63) is 53.1 Å². The van der Waals surface area contributed by atoms with E-state index in [1.807, 2.05) is 0 Å². The van der Waals surface area contributed by atoms with Crippen LogP contribution in [0.4, 0.5) is 0 Å². The van der Waals surface area contributed by atoms with Gasteiger partial charge in [-0.25, -0.2) is 4.98 Å². The molecule has 4 heteroatoms. The summed E-state index contributed by atoms with van der Waals surface area (Å²) in [6, 6.07) is 12.8. The number of hydrogen-bond acceptors (Lipinski definition) is 3. The van der Waals surface area contributed by atoms with E-state index in [-0.39, 0.29) is 0 Å². The van der Waals surface area contributed by atoms with Crippen molar-refractivity contribution in [1.29, 1.82) is 0 Å². The van der Waals surface area contributed by atoms with Gasteiger partial charge in [0.2, 0.25) is 0 Å². The zero-order valence-corrected chi connectivity index (χ0v) is 13.1. The van der Waals surface area contributed by atoms with Crippen molar-refractivity contribution in [2.45, 2.75) is 30.3 Å². The highest BCUT2D eigenvalue weighted by molar-refractivity contribution is 7.99. The molecule has 0 saturated carbocycles. The summed E-state index contributed by atoms with van der Waals surface area (Å²) in [6.07, 6.45) is 0.892. The van der Waals surface area contributed by atoms with Gasteiger partial charge in [-0.3, -0.25) is 0 Å². The van der Waals surface area contributed by atoms with Crippen molar-refractivity contribution in [2.75, 3.05) is 6.54 Å². The molecule has 0 aliphatic rings. The minimum absolute atomic E-state index is 0.663. The van der Waals surface area contributed by atoms with E-state index in [1.54, 1.807) is 11.8 Å². The smallest absolute Gasteiger partial charge is 0.171 e. The molecule has 3 N–H and O–H groups in total. The predicted molar refractivity (Wildman–Crippen MR) is 88.9 cm³/mol. The van der Waals surface area contributed by atoms with Crippen LogP contribution in [0, 0.1) is 13.8 Å². The van der Waals surface area contributed by atoms with Crippen molar-refractivity contribution in [2.24, 2.45) is 5.73 Å². The molecular formula is C17H19N3S. The van der Waals surface area contributed by atoms with Crippen LogP contribution in [-0.2, 0) is 6.42 Å². The standard InChI is InChI=1S/C17H19N3S/c1-11-4-6-16(13(9-11)7-8-18)21-17-19-14-5-3-12(2)10-15(14)20-17/h3-6,9-10H,7-8,18H2,1-2H3,(H,19,20). The van der Waals surface area contributed by atoms with Crippen LogP contribution >= 0.6 is 11.8 Å². The first-order valence-corrected chi connectivity index (χ1v) is 7.91. The number of rotatable bonds is 4. The summed E-state index contributed by atoms with van der Waals surface area (Å²) >= 11 is 1.67. The van der Waals surface area contributed by atoms with Crippen LogP contribution in [0.5, 0.6) is 0 Å². The molecule has 108 valence electrons. The summed E-state index contributed by atoms with van der Waals surface area (Å²) in [5.41, 5.74) is 11.6. The number of imidazole rings is 1. The van der Waals surface area contributed by atoms with Gasteiger partial charge in [-0.2, -0.15) is 0 Å². The molecule has 0 spiro atoms. The number of nitrogens with two attached hydrogens (primary N) is 1. The van der Waals surface area contributed by atoms with E-state index in [0.717, 1.165) is 22.6 Å². The zero-order chi connectivity index (χ0) is 14.8. The molecule has 0 fully saturated rings. The first-order valence-electron chi connectivity index (χ1n) is 7.09. The van der Waals surface area contributed by atoms with Crippen LogP contribution in [0.15, 0.2) is 46.5 Å². The number of aryl methyl sites for hydroxylation is 2. The zero-order valence-electron chi connectivity index (χ0n) is 12.3. The molecular weight excluding hydrogens is 278 g/mol. The molecule has 0 aliphatic carbocycles. The van der Waals surface area contributed by atoms with Gasteiger partial charge in [-0.1, -0.05) is 35.5 Å². The van der Waals surface area contributed by atoms with Gasteiger partial charge < -0.3 is 10.7 Å². The monoisotopic (exact) mass is 297 g/mol. The molecule has 0 aliphatic heterocycles. The van der Waals surface area contributed by atoms with Crippen molar-refractivity contribution >= 4 is 22.8 Å². The van der Waals surface area contributed by atoms with Crippen LogP contribution in [-0.4, -0.2) is 16.5 Å². The number of hydrogen-bond donors (Lipinski definition) is 2. The summed E-state index contributed by atoms with van der Waals surface area (Å²) in [7, 11) is 0. The molecule has 1 heterocycles. The number of H-pyrrole nitrogens is 1. The van der Waals surface area contributed by atoms with Gasteiger partial charge in [0, 0.05) is 4.90 Å². The Balaban J connectivity index is 1.94. The first-order chi connectivity index (χ1) is 10.2. The second kappa shape index (κ2) is 5.92. The molecule has 3 aromatic rings. The van der Waals surface area contributed by atoms with Crippen LogP contribution in [0.25, 0.3) is 11.0 Å². The molecule has 0 radical (unpaired) electrons. The highest BCUT2D eigenvalue weighted by atomic mass is 32.2. The number of aromatic amines is 1. The molecule has 3 rings (SSSR count). The van der Waals surface area contributed by atoms with E-state index < -0.39 is 0 Å². The third-order valence-electron chi connectivity index (χ3n) is 3.45. The number of benzene rings is 2. The lowest BCUT2D eigenvalue weighted by Gasteiger charge is -2.07. The van der Waals surface area contributed by atoms with Crippen molar-refractivity contribution < 1.29 is 0 Å². The first kappa shape index (κ1) is 14.2. The molecule has 0 atom stereocenters. The third kappa shape index (κ3) is 3.12. The van der Waals surface area contributed by atoms with Gasteiger partial charge >= 0.3 is 0 Å². The van der Waals surface area contributed by atoms with Gasteiger partial charge in [0.05, 0.1) is 11.0 Å². The lowest BCUT2D eigenvalue weighted by Crippen LogP contribution is -2.04. The van der Waals surface area contributed by atoms with Crippen LogP contribution in [0.3, 0.4) is 0 Å². The Labute approximate surface area is 129 Å². The maximum atomic E-state index is 5.72. The van der Waals surface area contributed by atoms with Crippen LogP contribution < -0.4 is 5.73 Å². The van der Waals surface area contributed by atoms with E-state index in [0.29, 0.717) is 6.54 Å². The second-order valence-corrected chi connectivity index (χ2v) is 6.35. The fourth-order valence-corrected chi connectivity index (χ4v) is 3.35. The quantitative estimate of drug-likeness (QED) is 0.769. The highest BCUT2D eigenvalue weighted by Gasteiger charge is 2.08. The lowest BCUT2D eigenvalue weighted by atomic mass is 10.1. The van der Waals surface area contributed by atoms with Gasteiger partial charge in [0.1, 0.15) is 0 Å². The summed E-state index contributed by atoms with van der Waals surface area (Å²) in [5, 5.41) is 0.928. The molecule has 0 saturated heterocycles. The van der Waals surface area contributed by atoms with Crippen molar-refractivity contribution in [1.82, 2.24) is 9.97 Å². The Morgan fingerprint density at radius 3 is 2.67 bits per heavy atom. The van der Waals surface area contributed by atoms with Crippen LogP contribution in [0.2, 0.25) is 0 Å². The summed E-state index contributed by atoms with van der Waals surface area (Å²) < 4.78 is 0. The fourth-order valence-electron chi connectivity index (χ4n) is 2.41. The van der Waals surface area contributed by atoms with E-state index >= 15 is 0 Å². The second-order valence-electron chi connectivity index (χ2n) is 5.31. The minimum Gasteiger partial charge on any atom is -0.333 e. The normalized spacial score (nSPS) is 11.2. The van der Waals surface area contributed by atoms with E-state index in [1.165, 1.54) is 21.6 Å².